The van der Waals surface area contributed by atoms with Gasteiger partial charge in [0.1, 0.15) is 0 Å². The molecule has 0 atom stereocenters. The fourth-order valence-electron chi connectivity index (χ4n) is 1.58. The zero-order valence-corrected chi connectivity index (χ0v) is 11.0. The van der Waals surface area contributed by atoms with E-state index in [0.717, 1.165) is 5.56 Å². The summed E-state index contributed by atoms with van der Waals surface area (Å²) in [6, 6.07) is 14.7. The number of anilines is 1. The van der Waals surface area contributed by atoms with Crippen molar-refractivity contribution in [3.63, 3.8) is 0 Å². The molecule has 0 aliphatic heterocycles. The van der Waals surface area contributed by atoms with Gasteiger partial charge in [-0.25, -0.2) is 0 Å². The topological polar surface area (TPSA) is 29.1 Å². The van der Waals surface area contributed by atoms with Crippen molar-refractivity contribution in [2.24, 2.45) is 0 Å². The van der Waals surface area contributed by atoms with Crippen molar-refractivity contribution in [3.8, 4) is 0 Å². The summed E-state index contributed by atoms with van der Waals surface area (Å²) in [4.78, 5) is 11.8. The average molecular weight is 280 g/mol. The van der Waals surface area contributed by atoms with Gasteiger partial charge < -0.3 is 5.32 Å². The lowest BCUT2D eigenvalue weighted by Crippen LogP contribution is -2.14. The van der Waals surface area contributed by atoms with E-state index in [1.165, 1.54) is 0 Å². The van der Waals surface area contributed by atoms with Crippen LogP contribution in [0.1, 0.15) is 5.56 Å². The highest BCUT2D eigenvalue weighted by atomic mass is 35.5. The number of carbonyl (C=O) groups excluding carboxylic acids is 1. The second-order valence-electron chi connectivity index (χ2n) is 3.81. The molecule has 0 fully saturated rings. The van der Waals surface area contributed by atoms with Crippen LogP contribution in [0.4, 0.5) is 5.69 Å². The van der Waals surface area contributed by atoms with Crippen LogP contribution in [0, 0.1) is 0 Å². The summed E-state index contributed by atoms with van der Waals surface area (Å²) in [6.07, 6.45) is 0.309. The average Bonchev–Trinajstić information content (AvgIpc) is 2.36. The molecule has 0 saturated carbocycles. The normalized spacial score (nSPS) is 10.1. The van der Waals surface area contributed by atoms with Gasteiger partial charge in [-0.2, -0.15) is 0 Å². The molecule has 2 nitrogen and oxygen atoms in total. The summed E-state index contributed by atoms with van der Waals surface area (Å²) in [5.41, 5.74) is 1.48. The van der Waals surface area contributed by atoms with Gasteiger partial charge in [0.25, 0.3) is 0 Å². The first-order valence-corrected chi connectivity index (χ1v) is 6.20. The molecule has 0 spiro atoms. The third-order valence-corrected chi connectivity index (χ3v) is 3.25. The van der Waals surface area contributed by atoms with Gasteiger partial charge in [0.15, 0.2) is 0 Å². The molecule has 0 aliphatic carbocycles. The minimum Gasteiger partial charge on any atom is -0.324 e. The number of hydrogen-bond donors (Lipinski definition) is 1. The summed E-state index contributed by atoms with van der Waals surface area (Å²) >= 11 is 11.9. The summed E-state index contributed by atoms with van der Waals surface area (Å²) < 4.78 is 0. The molecule has 0 heterocycles. The molecule has 2 rings (SSSR count). The van der Waals surface area contributed by atoms with E-state index >= 15 is 0 Å². The van der Waals surface area contributed by atoms with E-state index in [9.17, 15) is 4.79 Å². The van der Waals surface area contributed by atoms with Crippen molar-refractivity contribution in [1.29, 1.82) is 0 Å². The van der Waals surface area contributed by atoms with E-state index in [0.29, 0.717) is 22.2 Å². The van der Waals surface area contributed by atoms with E-state index in [1.54, 1.807) is 18.2 Å². The number of halogens is 2. The van der Waals surface area contributed by atoms with Gasteiger partial charge in [0, 0.05) is 0 Å². The van der Waals surface area contributed by atoms with E-state index in [4.69, 9.17) is 23.2 Å². The van der Waals surface area contributed by atoms with E-state index in [-0.39, 0.29) is 5.91 Å². The van der Waals surface area contributed by atoms with Crippen molar-refractivity contribution in [2.75, 3.05) is 5.32 Å². The van der Waals surface area contributed by atoms with Crippen molar-refractivity contribution in [3.05, 3.63) is 64.1 Å². The van der Waals surface area contributed by atoms with Crippen molar-refractivity contribution >= 4 is 34.8 Å². The van der Waals surface area contributed by atoms with Gasteiger partial charge in [-0.05, 0) is 17.7 Å². The number of nitrogens with one attached hydrogen (secondary N) is 1. The monoisotopic (exact) mass is 279 g/mol. The number of rotatable bonds is 3. The van der Waals surface area contributed by atoms with E-state index in [1.807, 2.05) is 30.3 Å². The molecule has 92 valence electrons. The first-order valence-electron chi connectivity index (χ1n) is 5.44. The third kappa shape index (κ3) is 3.25. The number of carbonyl (C=O) groups is 1. The van der Waals surface area contributed by atoms with Gasteiger partial charge in [0.2, 0.25) is 5.91 Å². The van der Waals surface area contributed by atoms with Crippen LogP contribution >= 0.6 is 23.2 Å². The van der Waals surface area contributed by atoms with Crippen LogP contribution in [-0.2, 0) is 11.2 Å². The lowest BCUT2D eigenvalue weighted by atomic mass is 10.1. The van der Waals surface area contributed by atoms with Crippen molar-refractivity contribution < 1.29 is 4.79 Å². The second kappa shape index (κ2) is 5.89. The summed E-state index contributed by atoms with van der Waals surface area (Å²) in [5.74, 6) is -0.120. The highest BCUT2D eigenvalue weighted by Crippen LogP contribution is 2.29. The molecule has 0 saturated heterocycles. The molecule has 1 N–H and O–H groups in total. The van der Waals surface area contributed by atoms with E-state index in [2.05, 4.69) is 5.32 Å². The Hall–Kier alpha value is -1.51. The molecular weight excluding hydrogens is 269 g/mol. The molecule has 0 unspecified atom stereocenters. The van der Waals surface area contributed by atoms with Gasteiger partial charge in [0.05, 0.1) is 22.2 Å². The fraction of sp³-hybridized carbons (Fsp3) is 0.0714. The number of amides is 1. The molecule has 2 aromatic carbocycles. The molecule has 2 aromatic rings. The zero-order valence-electron chi connectivity index (χ0n) is 9.49. The fourth-order valence-corrected chi connectivity index (χ4v) is 1.92. The van der Waals surface area contributed by atoms with Crippen LogP contribution < -0.4 is 5.32 Å². The maximum atomic E-state index is 11.8. The minimum atomic E-state index is -0.120. The standard InChI is InChI=1S/C14H11Cl2NO/c15-11-7-4-8-12(14(11)16)17-13(18)9-10-5-2-1-3-6-10/h1-8H,9H2,(H,17,18). The van der Waals surface area contributed by atoms with Crippen molar-refractivity contribution in [2.45, 2.75) is 6.42 Å². The Kier molecular flexibility index (Phi) is 4.24. The molecule has 0 radical (unpaired) electrons. The lowest BCUT2D eigenvalue weighted by Gasteiger charge is -2.08. The second-order valence-corrected chi connectivity index (χ2v) is 4.60. The van der Waals surface area contributed by atoms with Crippen LogP contribution in [0.2, 0.25) is 10.0 Å². The highest BCUT2D eigenvalue weighted by molar-refractivity contribution is 6.43. The maximum absolute atomic E-state index is 11.8. The van der Waals surface area contributed by atoms with Gasteiger partial charge >= 0.3 is 0 Å². The van der Waals surface area contributed by atoms with Gasteiger partial charge in [-0.3, -0.25) is 4.79 Å². The largest absolute Gasteiger partial charge is 0.324 e. The van der Waals surface area contributed by atoms with Gasteiger partial charge in [-0.1, -0.05) is 59.6 Å². The predicted octanol–water partition coefficient (Wildman–Crippen LogP) is 4.17. The molecule has 4 heteroatoms. The summed E-state index contributed by atoms with van der Waals surface area (Å²) in [7, 11) is 0. The molecule has 1 amide bonds. The molecule has 0 bridgehead atoms. The Labute approximate surface area is 116 Å². The summed E-state index contributed by atoms with van der Waals surface area (Å²) in [5, 5.41) is 3.53. The van der Waals surface area contributed by atoms with Crippen LogP contribution in [0.5, 0.6) is 0 Å². The highest BCUT2D eigenvalue weighted by Gasteiger charge is 2.08. The third-order valence-electron chi connectivity index (χ3n) is 2.43. The predicted molar refractivity (Wildman–Crippen MR) is 75.2 cm³/mol. The Morgan fingerprint density at radius 1 is 1.00 bits per heavy atom. The van der Waals surface area contributed by atoms with Crippen LogP contribution in [0.3, 0.4) is 0 Å². The Bertz CT molecular complexity index is 555. The molecule has 18 heavy (non-hydrogen) atoms. The van der Waals surface area contributed by atoms with Crippen LogP contribution in [-0.4, -0.2) is 5.91 Å². The number of hydrogen-bond acceptors (Lipinski definition) is 1. The molecule has 0 aromatic heterocycles. The smallest absolute Gasteiger partial charge is 0.228 e. The minimum absolute atomic E-state index is 0.120. The SMILES string of the molecule is O=C(Cc1ccccc1)Nc1cccc(Cl)c1Cl. The zero-order chi connectivity index (χ0) is 13.0. The van der Waals surface area contributed by atoms with Crippen LogP contribution in [0.15, 0.2) is 48.5 Å². The molecular formula is C14H11Cl2NO. The Balaban J connectivity index is 2.06. The van der Waals surface area contributed by atoms with E-state index < -0.39 is 0 Å². The van der Waals surface area contributed by atoms with Crippen molar-refractivity contribution in [1.82, 2.24) is 0 Å². The molecule has 0 aliphatic rings. The van der Waals surface area contributed by atoms with Gasteiger partial charge in [-0.15, -0.1) is 0 Å². The first kappa shape index (κ1) is 12.9. The van der Waals surface area contributed by atoms with Crippen LogP contribution in [0.25, 0.3) is 0 Å². The lowest BCUT2D eigenvalue weighted by molar-refractivity contribution is -0.115. The Morgan fingerprint density at radius 2 is 1.72 bits per heavy atom. The number of benzene rings is 2. The quantitative estimate of drug-likeness (QED) is 0.898. The maximum Gasteiger partial charge on any atom is 0.228 e. The summed E-state index contributed by atoms with van der Waals surface area (Å²) in [6.45, 7) is 0. The Morgan fingerprint density at radius 3 is 2.44 bits per heavy atom. The first-order chi connectivity index (χ1) is 8.66.